The fraction of sp³-hybridized carbons (Fsp3) is 0.667. The zero-order valence-electron chi connectivity index (χ0n) is 9.69. The van der Waals surface area contributed by atoms with Gasteiger partial charge in [0.15, 0.2) is 0 Å². The summed E-state index contributed by atoms with van der Waals surface area (Å²) in [4.78, 5) is 10.8. The van der Waals surface area contributed by atoms with Crippen LogP contribution in [-0.2, 0) is 6.54 Å². The second-order valence-electron chi connectivity index (χ2n) is 4.48. The average Bonchev–Trinajstić information content (AvgIpc) is 2.32. The van der Waals surface area contributed by atoms with Gasteiger partial charge in [0.05, 0.1) is 18.1 Å². The minimum atomic E-state index is 0.467. The number of hydrogen-bond donors (Lipinski definition) is 0. The van der Waals surface area contributed by atoms with Gasteiger partial charge in [0, 0.05) is 13.1 Å². The minimum Gasteiger partial charge on any atom is -0.297 e. The molecule has 1 atom stereocenters. The Morgan fingerprint density at radius 1 is 1.44 bits per heavy atom. The zero-order chi connectivity index (χ0) is 11.4. The van der Waals surface area contributed by atoms with Crippen LogP contribution >= 0.6 is 11.6 Å². The van der Waals surface area contributed by atoms with E-state index in [1.165, 1.54) is 32.4 Å². The smallest absolute Gasteiger partial charge is 0.147 e. The first-order valence-corrected chi connectivity index (χ1v) is 6.34. The van der Waals surface area contributed by atoms with Gasteiger partial charge in [0.2, 0.25) is 0 Å². The number of rotatable bonds is 3. The molecule has 2 heterocycles. The summed E-state index contributed by atoms with van der Waals surface area (Å²) < 4.78 is 0. The molecule has 1 aliphatic rings. The summed E-state index contributed by atoms with van der Waals surface area (Å²) in [6, 6.07) is 0. The molecule has 1 aromatic rings. The molecule has 1 fully saturated rings. The number of aromatic nitrogens is 2. The van der Waals surface area contributed by atoms with E-state index in [2.05, 4.69) is 21.8 Å². The first-order chi connectivity index (χ1) is 7.78. The van der Waals surface area contributed by atoms with E-state index in [1.54, 1.807) is 12.4 Å². The van der Waals surface area contributed by atoms with Crippen molar-refractivity contribution < 1.29 is 0 Å². The molecule has 4 heteroatoms. The maximum atomic E-state index is 5.71. The molecule has 1 unspecified atom stereocenters. The maximum absolute atomic E-state index is 5.71. The quantitative estimate of drug-likeness (QED) is 0.812. The lowest BCUT2D eigenvalue weighted by Crippen LogP contribution is -2.34. The second kappa shape index (κ2) is 5.60. The van der Waals surface area contributed by atoms with E-state index < -0.39 is 0 Å². The van der Waals surface area contributed by atoms with E-state index in [9.17, 15) is 0 Å². The van der Waals surface area contributed by atoms with Gasteiger partial charge in [-0.25, -0.2) is 4.98 Å². The summed E-state index contributed by atoms with van der Waals surface area (Å²) in [6.45, 7) is 5.55. The largest absolute Gasteiger partial charge is 0.297 e. The van der Waals surface area contributed by atoms with Crippen LogP contribution in [0.2, 0.25) is 5.15 Å². The summed E-state index contributed by atoms with van der Waals surface area (Å²) in [5, 5.41) is 0.467. The minimum absolute atomic E-state index is 0.467. The van der Waals surface area contributed by atoms with Gasteiger partial charge in [0.1, 0.15) is 5.15 Å². The Hall–Kier alpha value is -0.670. The lowest BCUT2D eigenvalue weighted by molar-refractivity contribution is 0.163. The SMILES string of the molecule is CCC1CCCN(Cc2cnc(Cl)cn2)C1. The third-order valence-electron chi connectivity index (χ3n) is 3.24. The lowest BCUT2D eigenvalue weighted by Gasteiger charge is -2.31. The highest BCUT2D eigenvalue weighted by molar-refractivity contribution is 6.29. The van der Waals surface area contributed by atoms with Crippen LogP contribution in [-0.4, -0.2) is 28.0 Å². The Kier molecular flexibility index (Phi) is 4.13. The van der Waals surface area contributed by atoms with E-state index in [0.29, 0.717) is 5.15 Å². The first kappa shape index (κ1) is 11.8. The van der Waals surface area contributed by atoms with Crippen LogP contribution in [0.1, 0.15) is 31.9 Å². The molecule has 16 heavy (non-hydrogen) atoms. The third kappa shape index (κ3) is 3.16. The van der Waals surface area contributed by atoms with Crippen LogP contribution in [0.4, 0.5) is 0 Å². The van der Waals surface area contributed by atoms with Gasteiger partial charge in [-0.15, -0.1) is 0 Å². The van der Waals surface area contributed by atoms with Gasteiger partial charge >= 0.3 is 0 Å². The molecule has 3 nitrogen and oxygen atoms in total. The summed E-state index contributed by atoms with van der Waals surface area (Å²) in [7, 11) is 0. The van der Waals surface area contributed by atoms with Crippen LogP contribution in [0.3, 0.4) is 0 Å². The third-order valence-corrected chi connectivity index (χ3v) is 3.44. The van der Waals surface area contributed by atoms with Crippen LogP contribution < -0.4 is 0 Å². The van der Waals surface area contributed by atoms with E-state index >= 15 is 0 Å². The average molecular weight is 240 g/mol. The molecule has 0 saturated carbocycles. The Morgan fingerprint density at radius 2 is 2.31 bits per heavy atom. The Bertz CT molecular complexity index is 326. The predicted octanol–water partition coefficient (Wildman–Crippen LogP) is 2.75. The number of piperidine rings is 1. The van der Waals surface area contributed by atoms with Gasteiger partial charge in [-0.1, -0.05) is 24.9 Å². The zero-order valence-corrected chi connectivity index (χ0v) is 10.5. The number of nitrogens with zero attached hydrogens (tertiary/aromatic N) is 3. The number of likely N-dealkylation sites (tertiary alicyclic amines) is 1. The molecular weight excluding hydrogens is 222 g/mol. The summed E-state index contributed by atoms with van der Waals surface area (Å²) in [5.41, 5.74) is 1.01. The van der Waals surface area contributed by atoms with Crippen LogP contribution in [0.5, 0.6) is 0 Å². The fourth-order valence-electron chi connectivity index (χ4n) is 2.28. The van der Waals surface area contributed by atoms with Gasteiger partial charge in [-0.05, 0) is 25.3 Å². The van der Waals surface area contributed by atoms with Gasteiger partial charge in [-0.3, -0.25) is 9.88 Å². The summed E-state index contributed by atoms with van der Waals surface area (Å²) >= 11 is 5.71. The normalized spacial score (nSPS) is 22.2. The maximum Gasteiger partial charge on any atom is 0.147 e. The molecule has 1 saturated heterocycles. The van der Waals surface area contributed by atoms with Crippen molar-refractivity contribution in [1.29, 1.82) is 0 Å². The van der Waals surface area contributed by atoms with Crippen molar-refractivity contribution in [2.75, 3.05) is 13.1 Å². The summed E-state index contributed by atoms with van der Waals surface area (Å²) in [5.74, 6) is 0.856. The molecule has 0 N–H and O–H groups in total. The van der Waals surface area contributed by atoms with Gasteiger partial charge in [-0.2, -0.15) is 0 Å². The Labute approximate surface area is 102 Å². The van der Waals surface area contributed by atoms with Crippen molar-refractivity contribution in [2.45, 2.75) is 32.7 Å². The molecule has 0 aromatic carbocycles. The molecule has 1 aliphatic heterocycles. The fourth-order valence-corrected chi connectivity index (χ4v) is 2.38. The van der Waals surface area contributed by atoms with Crippen molar-refractivity contribution in [3.8, 4) is 0 Å². The van der Waals surface area contributed by atoms with E-state index in [0.717, 1.165) is 18.2 Å². The standard InChI is InChI=1S/C12H18ClN3/c1-2-10-4-3-5-16(8-10)9-11-6-15-12(13)7-14-11/h6-7,10H,2-5,8-9H2,1H3. The second-order valence-corrected chi connectivity index (χ2v) is 4.87. The molecule has 2 rings (SSSR count). The predicted molar refractivity (Wildman–Crippen MR) is 65.3 cm³/mol. The van der Waals surface area contributed by atoms with E-state index in [4.69, 9.17) is 11.6 Å². The number of hydrogen-bond acceptors (Lipinski definition) is 3. The molecule has 88 valence electrons. The first-order valence-electron chi connectivity index (χ1n) is 5.96. The van der Waals surface area contributed by atoms with Crippen LogP contribution in [0.15, 0.2) is 12.4 Å². The van der Waals surface area contributed by atoms with Gasteiger partial charge < -0.3 is 0 Å². The Balaban J connectivity index is 1.91. The van der Waals surface area contributed by atoms with Crippen molar-refractivity contribution in [3.05, 3.63) is 23.2 Å². The molecule has 0 bridgehead atoms. The van der Waals surface area contributed by atoms with Crippen molar-refractivity contribution in [2.24, 2.45) is 5.92 Å². The van der Waals surface area contributed by atoms with Crippen molar-refractivity contribution in [3.63, 3.8) is 0 Å². The summed E-state index contributed by atoms with van der Waals surface area (Å²) in [6.07, 6.45) is 7.36. The highest BCUT2D eigenvalue weighted by Crippen LogP contribution is 2.20. The van der Waals surface area contributed by atoms with Crippen LogP contribution in [0, 0.1) is 5.92 Å². The monoisotopic (exact) mass is 239 g/mol. The van der Waals surface area contributed by atoms with Crippen molar-refractivity contribution in [1.82, 2.24) is 14.9 Å². The van der Waals surface area contributed by atoms with Crippen molar-refractivity contribution >= 4 is 11.6 Å². The van der Waals surface area contributed by atoms with Crippen LogP contribution in [0.25, 0.3) is 0 Å². The lowest BCUT2D eigenvalue weighted by atomic mass is 9.95. The van der Waals surface area contributed by atoms with E-state index in [1.807, 2.05) is 0 Å². The molecule has 0 radical (unpaired) electrons. The molecule has 0 amide bonds. The Morgan fingerprint density at radius 3 is 3.00 bits per heavy atom. The molecular formula is C12H18ClN3. The van der Waals surface area contributed by atoms with E-state index in [-0.39, 0.29) is 0 Å². The number of halogens is 1. The highest BCUT2D eigenvalue weighted by Gasteiger charge is 2.18. The topological polar surface area (TPSA) is 29.0 Å². The van der Waals surface area contributed by atoms with Gasteiger partial charge in [0.25, 0.3) is 0 Å². The molecule has 0 aliphatic carbocycles. The molecule has 1 aromatic heterocycles. The highest BCUT2D eigenvalue weighted by atomic mass is 35.5. The molecule has 0 spiro atoms.